The molecule has 152 valence electrons. The number of thioether (sulfide) groups is 1. The smallest absolute Gasteiger partial charge is 0.0426 e. The lowest BCUT2D eigenvalue weighted by Crippen LogP contribution is -2.28. The minimum absolute atomic E-state index is 0.806. The van der Waals surface area contributed by atoms with E-state index in [1.807, 2.05) is 12.1 Å². The van der Waals surface area contributed by atoms with Crippen LogP contribution in [0.5, 0.6) is 0 Å². The highest BCUT2D eigenvalue weighted by Gasteiger charge is 2.10. The zero-order valence-electron chi connectivity index (χ0n) is 18.1. The molecule has 0 unspecified atom stereocenters. The van der Waals surface area contributed by atoms with Crippen LogP contribution >= 0.6 is 11.8 Å². The second-order valence-electron chi connectivity index (χ2n) is 7.48. The molecule has 0 saturated carbocycles. The lowest BCUT2D eigenvalue weighted by molar-refractivity contribution is 0.430. The normalized spacial score (nSPS) is 12.4. The summed E-state index contributed by atoms with van der Waals surface area (Å²) < 4.78 is 0. The Morgan fingerprint density at radius 2 is 1.57 bits per heavy atom. The Hall–Kier alpha value is -2.97. The molecule has 0 aliphatic rings. The van der Waals surface area contributed by atoms with Gasteiger partial charge in [-0.05, 0) is 52.5 Å². The second kappa shape index (κ2) is 10.2. The lowest BCUT2D eigenvalue weighted by atomic mass is 10.1. The predicted molar refractivity (Wildman–Crippen MR) is 132 cm³/mol. The first-order chi connectivity index (χ1) is 14.5. The number of aryl methyl sites for hydroxylation is 1. The number of rotatable bonds is 7. The van der Waals surface area contributed by atoms with Crippen molar-refractivity contribution in [1.29, 1.82) is 0 Å². The van der Waals surface area contributed by atoms with Crippen molar-refractivity contribution in [2.24, 2.45) is 0 Å². The monoisotopic (exact) mass is 411 g/mol. The fourth-order valence-corrected chi connectivity index (χ4v) is 4.23. The molecule has 1 nitrogen and oxygen atoms in total. The average Bonchev–Trinajstić information content (AvgIpc) is 2.74. The van der Waals surface area contributed by atoms with Gasteiger partial charge in [-0.1, -0.05) is 97.7 Å². The zero-order chi connectivity index (χ0) is 21.5. The van der Waals surface area contributed by atoms with E-state index in [2.05, 4.69) is 112 Å². The molecule has 3 aromatic rings. The maximum absolute atomic E-state index is 4.45. The van der Waals surface area contributed by atoms with Gasteiger partial charge in [-0.15, -0.1) is 0 Å². The summed E-state index contributed by atoms with van der Waals surface area (Å²) in [6, 6.07) is 27.2. The summed E-state index contributed by atoms with van der Waals surface area (Å²) in [5.74, 6) is 0. The fourth-order valence-electron chi connectivity index (χ4n) is 3.34. The third-order valence-electron chi connectivity index (χ3n) is 5.05. The summed E-state index contributed by atoms with van der Waals surface area (Å²) in [5.41, 5.74) is 4.64. The van der Waals surface area contributed by atoms with E-state index >= 15 is 0 Å². The number of allylic oxidation sites excluding steroid dienone is 2. The average molecular weight is 412 g/mol. The highest BCUT2D eigenvalue weighted by atomic mass is 32.2. The molecular weight excluding hydrogens is 382 g/mol. The first-order valence-electron chi connectivity index (χ1n) is 10.1. The van der Waals surface area contributed by atoms with Crippen LogP contribution in [-0.4, -0.2) is 11.9 Å². The van der Waals surface area contributed by atoms with Crippen molar-refractivity contribution < 1.29 is 0 Å². The minimum Gasteiger partial charge on any atom is -0.370 e. The Kier molecular flexibility index (Phi) is 7.37. The Morgan fingerprint density at radius 3 is 2.27 bits per heavy atom. The third kappa shape index (κ3) is 5.55. The highest BCUT2D eigenvalue weighted by Crippen LogP contribution is 2.30. The lowest BCUT2D eigenvalue weighted by Gasteiger charge is -2.23. The van der Waals surface area contributed by atoms with Crippen molar-refractivity contribution in [3.63, 3.8) is 0 Å². The molecule has 0 aromatic heterocycles. The van der Waals surface area contributed by atoms with Crippen molar-refractivity contribution in [3.8, 4) is 0 Å². The molecule has 0 aliphatic heterocycles. The molecule has 0 heterocycles. The maximum atomic E-state index is 4.45. The SMILES string of the molecule is C=C(C(/C=C(\C)Sc1ccccc1C)=c1\ccccc1=C)N(C)Cc1ccccc1. The molecule has 0 fully saturated rings. The van der Waals surface area contributed by atoms with Crippen LogP contribution in [0.3, 0.4) is 0 Å². The molecule has 0 aliphatic carbocycles. The highest BCUT2D eigenvalue weighted by molar-refractivity contribution is 8.03. The summed E-state index contributed by atoms with van der Waals surface area (Å²) in [4.78, 5) is 4.70. The Labute approximate surface area is 184 Å². The third-order valence-corrected chi connectivity index (χ3v) is 6.17. The topological polar surface area (TPSA) is 3.24 Å². The number of nitrogens with zero attached hydrogens (tertiary/aromatic N) is 1. The predicted octanol–water partition coefficient (Wildman–Crippen LogP) is 5.90. The minimum atomic E-state index is 0.806. The molecular formula is C28H29NS. The molecule has 0 bridgehead atoms. The van der Waals surface area contributed by atoms with E-state index < -0.39 is 0 Å². The standard InChI is InChI=1S/C28H29NS/c1-21-13-9-11-17-26(21)27(19-23(3)30-28-18-12-10-14-22(28)2)24(4)29(5)20-25-15-7-6-8-16-25/h6-19H,1,4,20H2,2-3,5H3/b23-19+,27-26+. The van der Waals surface area contributed by atoms with E-state index in [1.54, 1.807) is 11.8 Å². The van der Waals surface area contributed by atoms with Crippen molar-refractivity contribution in [2.75, 3.05) is 7.05 Å². The maximum Gasteiger partial charge on any atom is 0.0426 e. The second-order valence-corrected chi connectivity index (χ2v) is 8.77. The van der Waals surface area contributed by atoms with Gasteiger partial charge in [0.05, 0.1) is 0 Å². The van der Waals surface area contributed by atoms with Gasteiger partial charge in [0.25, 0.3) is 0 Å². The number of benzene rings is 3. The van der Waals surface area contributed by atoms with E-state index in [4.69, 9.17) is 0 Å². The van der Waals surface area contributed by atoms with Crippen LogP contribution < -0.4 is 10.4 Å². The van der Waals surface area contributed by atoms with E-state index in [0.29, 0.717) is 0 Å². The molecule has 0 saturated heterocycles. The first kappa shape index (κ1) is 21.7. The Morgan fingerprint density at radius 1 is 0.933 bits per heavy atom. The molecule has 0 atom stereocenters. The van der Waals surface area contributed by atoms with Crippen LogP contribution in [0, 0.1) is 6.92 Å². The largest absolute Gasteiger partial charge is 0.370 e. The van der Waals surface area contributed by atoms with Gasteiger partial charge in [-0.2, -0.15) is 0 Å². The van der Waals surface area contributed by atoms with Crippen molar-refractivity contribution in [1.82, 2.24) is 4.90 Å². The Bertz CT molecular complexity index is 1160. The van der Waals surface area contributed by atoms with Crippen LogP contribution in [-0.2, 0) is 6.54 Å². The van der Waals surface area contributed by atoms with Gasteiger partial charge >= 0.3 is 0 Å². The van der Waals surface area contributed by atoms with Gasteiger partial charge in [0.15, 0.2) is 0 Å². The molecule has 0 spiro atoms. The number of hydrogen-bond acceptors (Lipinski definition) is 2. The fraction of sp³-hybridized carbons (Fsp3) is 0.143. The van der Waals surface area contributed by atoms with Gasteiger partial charge < -0.3 is 4.90 Å². The van der Waals surface area contributed by atoms with E-state index in [0.717, 1.165) is 28.3 Å². The summed E-state index contributed by atoms with van der Waals surface area (Å²) in [7, 11) is 2.10. The zero-order valence-corrected chi connectivity index (χ0v) is 18.9. The van der Waals surface area contributed by atoms with E-state index in [-0.39, 0.29) is 0 Å². The van der Waals surface area contributed by atoms with Crippen LogP contribution in [0.15, 0.2) is 107 Å². The van der Waals surface area contributed by atoms with Crippen LogP contribution in [0.4, 0.5) is 0 Å². The van der Waals surface area contributed by atoms with Crippen molar-refractivity contribution >= 4 is 23.9 Å². The van der Waals surface area contributed by atoms with Gasteiger partial charge in [-0.25, -0.2) is 0 Å². The molecule has 3 aromatic carbocycles. The van der Waals surface area contributed by atoms with Crippen LogP contribution in [0.25, 0.3) is 12.2 Å². The van der Waals surface area contributed by atoms with Crippen molar-refractivity contribution in [3.05, 3.63) is 124 Å². The number of hydrogen-bond donors (Lipinski definition) is 0. The van der Waals surface area contributed by atoms with Gasteiger partial charge in [0.2, 0.25) is 0 Å². The summed E-state index contributed by atoms with van der Waals surface area (Å²) in [6.45, 7) is 13.8. The molecule has 0 amide bonds. The quantitative estimate of drug-likeness (QED) is 0.446. The summed E-state index contributed by atoms with van der Waals surface area (Å²) >= 11 is 1.79. The van der Waals surface area contributed by atoms with Crippen LogP contribution in [0.1, 0.15) is 18.1 Å². The molecule has 0 N–H and O–H groups in total. The van der Waals surface area contributed by atoms with E-state index in [9.17, 15) is 0 Å². The first-order valence-corrected chi connectivity index (χ1v) is 10.9. The molecule has 3 rings (SSSR count). The summed E-state index contributed by atoms with van der Waals surface area (Å²) in [6.07, 6.45) is 2.24. The Balaban J connectivity index is 1.99. The molecule has 0 radical (unpaired) electrons. The molecule has 30 heavy (non-hydrogen) atoms. The molecule has 2 heteroatoms. The van der Waals surface area contributed by atoms with Crippen LogP contribution in [0.2, 0.25) is 0 Å². The van der Waals surface area contributed by atoms with Crippen molar-refractivity contribution in [2.45, 2.75) is 25.3 Å². The van der Waals surface area contributed by atoms with Gasteiger partial charge in [-0.3, -0.25) is 0 Å². The van der Waals surface area contributed by atoms with Gasteiger partial charge in [0.1, 0.15) is 0 Å². The summed E-state index contributed by atoms with van der Waals surface area (Å²) in [5, 5.41) is 2.12. The van der Waals surface area contributed by atoms with Gasteiger partial charge in [0, 0.05) is 29.8 Å². The van der Waals surface area contributed by atoms with E-state index in [1.165, 1.54) is 20.9 Å².